The van der Waals surface area contributed by atoms with Crippen LogP contribution in [0.4, 0.5) is 10.2 Å². The third-order valence-electron chi connectivity index (χ3n) is 4.00. The van der Waals surface area contributed by atoms with Gasteiger partial charge in [-0.25, -0.2) is 9.07 Å². The molecule has 0 spiro atoms. The van der Waals surface area contributed by atoms with Gasteiger partial charge in [0.15, 0.2) is 6.61 Å². The van der Waals surface area contributed by atoms with Crippen LogP contribution in [0.2, 0.25) is 0 Å². The molecule has 1 N–H and O–H groups in total. The first-order chi connectivity index (χ1) is 14.1. The van der Waals surface area contributed by atoms with Crippen LogP contribution in [-0.4, -0.2) is 32.5 Å². The summed E-state index contributed by atoms with van der Waals surface area (Å²) in [5.74, 6) is 0.691. The molecule has 8 nitrogen and oxygen atoms in total. The highest BCUT2D eigenvalue weighted by Crippen LogP contribution is 2.21. The Labute approximate surface area is 164 Å². The van der Waals surface area contributed by atoms with Gasteiger partial charge in [-0.15, -0.1) is 10.2 Å². The summed E-state index contributed by atoms with van der Waals surface area (Å²) in [4.78, 5) is 12.3. The molecule has 146 valence electrons. The molecule has 2 aromatic carbocycles. The van der Waals surface area contributed by atoms with Gasteiger partial charge in [0.05, 0.1) is 11.4 Å². The summed E-state index contributed by atoms with van der Waals surface area (Å²) in [7, 11) is 0. The molecule has 0 fully saturated rings. The van der Waals surface area contributed by atoms with Crippen LogP contribution in [0.3, 0.4) is 0 Å². The van der Waals surface area contributed by atoms with Gasteiger partial charge in [0.25, 0.3) is 5.91 Å². The second kappa shape index (κ2) is 7.93. The van der Waals surface area contributed by atoms with Crippen LogP contribution in [-0.2, 0) is 4.79 Å². The molecule has 0 unspecified atom stereocenters. The second-order valence-electron chi connectivity index (χ2n) is 6.16. The molecule has 0 radical (unpaired) electrons. The van der Waals surface area contributed by atoms with E-state index in [4.69, 9.17) is 9.15 Å². The Balaban J connectivity index is 1.39. The van der Waals surface area contributed by atoms with E-state index in [0.717, 1.165) is 5.56 Å². The van der Waals surface area contributed by atoms with E-state index in [2.05, 4.69) is 20.6 Å². The second-order valence-corrected chi connectivity index (χ2v) is 6.16. The summed E-state index contributed by atoms with van der Waals surface area (Å²) < 4.78 is 25.3. The molecular weight excluding hydrogens is 377 g/mol. The van der Waals surface area contributed by atoms with Crippen LogP contribution in [0.1, 0.15) is 5.69 Å². The van der Waals surface area contributed by atoms with Crippen LogP contribution in [0.5, 0.6) is 5.75 Å². The van der Waals surface area contributed by atoms with Gasteiger partial charge in [-0.1, -0.05) is 0 Å². The minimum absolute atomic E-state index is 0.187. The maximum absolute atomic E-state index is 13.2. The number of aryl methyl sites for hydroxylation is 1. The zero-order valence-corrected chi connectivity index (χ0v) is 15.4. The van der Waals surface area contributed by atoms with Crippen LogP contribution in [0, 0.1) is 12.7 Å². The molecule has 9 heteroatoms. The molecule has 29 heavy (non-hydrogen) atoms. The number of anilines is 1. The standard InChI is InChI=1S/C20H16FN5O3/c1-13-10-18(26(25-13)16-6-4-15(21)5-7-16)23-19(27)11-28-17-8-2-14(3-9-17)20-24-22-12-29-20/h2-10,12H,11H2,1H3,(H,23,27). The van der Waals surface area contributed by atoms with Gasteiger partial charge in [-0.05, 0) is 55.5 Å². The van der Waals surface area contributed by atoms with E-state index in [1.807, 2.05) is 0 Å². The van der Waals surface area contributed by atoms with Crippen molar-refractivity contribution in [2.75, 3.05) is 11.9 Å². The number of hydrogen-bond donors (Lipinski definition) is 1. The van der Waals surface area contributed by atoms with Gasteiger partial charge >= 0.3 is 0 Å². The van der Waals surface area contributed by atoms with Crippen LogP contribution in [0.15, 0.2) is 65.4 Å². The van der Waals surface area contributed by atoms with Gasteiger partial charge in [0, 0.05) is 11.6 Å². The molecule has 0 aliphatic heterocycles. The first-order valence-corrected chi connectivity index (χ1v) is 8.70. The molecule has 0 aliphatic carbocycles. The molecule has 1 amide bonds. The van der Waals surface area contributed by atoms with Crippen molar-refractivity contribution >= 4 is 11.7 Å². The first kappa shape index (κ1) is 18.4. The van der Waals surface area contributed by atoms with Crippen molar-refractivity contribution in [1.29, 1.82) is 0 Å². The Morgan fingerprint density at radius 1 is 1.17 bits per heavy atom. The first-order valence-electron chi connectivity index (χ1n) is 8.70. The van der Waals surface area contributed by atoms with Crippen molar-refractivity contribution in [2.45, 2.75) is 6.92 Å². The Bertz CT molecular complexity index is 1110. The van der Waals surface area contributed by atoms with Crippen molar-refractivity contribution in [3.8, 4) is 22.9 Å². The summed E-state index contributed by atoms with van der Waals surface area (Å²) in [6.07, 6.45) is 1.25. The van der Waals surface area contributed by atoms with Crippen molar-refractivity contribution < 1.29 is 18.3 Å². The van der Waals surface area contributed by atoms with E-state index in [-0.39, 0.29) is 18.3 Å². The lowest BCUT2D eigenvalue weighted by Crippen LogP contribution is -2.21. The number of ether oxygens (including phenoxy) is 1. The molecular formula is C20H16FN5O3. The summed E-state index contributed by atoms with van der Waals surface area (Å²) in [6, 6.07) is 14.5. The fourth-order valence-corrected chi connectivity index (χ4v) is 2.69. The Morgan fingerprint density at radius 2 is 1.93 bits per heavy atom. The summed E-state index contributed by atoms with van der Waals surface area (Å²) in [5.41, 5.74) is 2.09. The van der Waals surface area contributed by atoms with E-state index < -0.39 is 0 Å². The number of aromatic nitrogens is 4. The number of nitrogens with zero attached hydrogens (tertiary/aromatic N) is 4. The molecule has 0 saturated heterocycles. The van der Waals surface area contributed by atoms with Crippen LogP contribution < -0.4 is 10.1 Å². The SMILES string of the molecule is Cc1cc(NC(=O)COc2ccc(-c3nnco3)cc2)n(-c2ccc(F)cc2)n1. The van der Waals surface area contributed by atoms with Crippen molar-refractivity contribution in [3.05, 3.63) is 72.5 Å². The molecule has 0 atom stereocenters. The van der Waals surface area contributed by atoms with Crippen LogP contribution >= 0.6 is 0 Å². The van der Waals surface area contributed by atoms with Gasteiger partial charge in [0.1, 0.15) is 17.4 Å². The van der Waals surface area contributed by atoms with Gasteiger partial charge in [-0.3, -0.25) is 4.79 Å². The predicted octanol–water partition coefficient (Wildman–Crippen LogP) is 3.39. The molecule has 4 aromatic rings. The van der Waals surface area contributed by atoms with E-state index in [0.29, 0.717) is 28.8 Å². The third kappa shape index (κ3) is 4.29. The quantitative estimate of drug-likeness (QED) is 0.540. The fourth-order valence-electron chi connectivity index (χ4n) is 2.69. The average molecular weight is 393 g/mol. The molecule has 2 heterocycles. The summed E-state index contributed by atoms with van der Waals surface area (Å²) in [5, 5.41) is 14.5. The number of amides is 1. The average Bonchev–Trinajstić information content (AvgIpc) is 3.38. The number of hydrogen-bond acceptors (Lipinski definition) is 6. The van der Waals surface area contributed by atoms with E-state index >= 15 is 0 Å². The number of carbonyl (C=O) groups is 1. The third-order valence-corrected chi connectivity index (χ3v) is 4.00. The van der Waals surface area contributed by atoms with Gasteiger partial charge < -0.3 is 14.5 Å². The highest BCUT2D eigenvalue weighted by atomic mass is 19.1. The molecule has 0 bridgehead atoms. The Hall–Kier alpha value is -4.01. The number of halogens is 1. The fraction of sp³-hybridized carbons (Fsp3) is 0.100. The predicted molar refractivity (Wildman–Crippen MR) is 102 cm³/mol. The normalized spacial score (nSPS) is 10.7. The number of benzene rings is 2. The largest absolute Gasteiger partial charge is 0.484 e. The number of nitrogens with one attached hydrogen (secondary N) is 1. The maximum Gasteiger partial charge on any atom is 0.263 e. The maximum atomic E-state index is 13.2. The lowest BCUT2D eigenvalue weighted by Gasteiger charge is -2.10. The van der Waals surface area contributed by atoms with Crippen molar-refractivity contribution in [3.63, 3.8) is 0 Å². The Kier molecular flexibility index (Phi) is 5.02. The summed E-state index contributed by atoms with van der Waals surface area (Å²) >= 11 is 0. The molecule has 4 rings (SSSR count). The van der Waals surface area contributed by atoms with Crippen LogP contribution in [0.25, 0.3) is 17.1 Å². The summed E-state index contributed by atoms with van der Waals surface area (Å²) in [6.45, 7) is 1.62. The highest BCUT2D eigenvalue weighted by Gasteiger charge is 2.12. The lowest BCUT2D eigenvalue weighted by atomic mass is 10.2. The van der Waals surface area contributed by atoms with Crippen molar-refractivity contribution in [2.24, 2.45) is 0 Å². The molecule has 2 aromatic heterocycles. The minimum atomic E-state index is -0.353. The lowest BCUT2D eigenvalue weighted by molar-refractivity contribution is -0.118. The molecule has 0 aliphatic rings. The van der Waals surface area contributed by atoms with E-state index in [9.17, 15) is 9.18 Å². The van der Waals surface area contributed by atoms with E-state index in [1.165, 1.54) is 23.2 Å². The smallest absolute Gasteiger partial charge is 0.263 e. The Morgan fingerprint density at radius 3 is 2.62 bits per heavy atom. The van der Waals surface area contributed by atoms with Crippen molar-refractivity contribution in [1.82, 2.24) is 20.0 Å². The van der Waals surface area contributed by atoms with Gasteiger partial charge in [0.2, 0.25) is 12.3 Å². The zero-order valence-electron chi connectivity index (χ0n) is 15.4. The zero-order chi connectivity index (χ0) is 20.2. The molecule has 0 saturated carbocycles. The number of carbonyl (C=O) groups excluding carboxylic acids is 1. The monoisotopic (exact) mass is 393 g/mol. The number of rotatable bonds is 6. The highest BCUT2D eigenvalue weighted by molar-refractivity contribution is 5.91. The van der Waals surface area contributed by atoms with E-state index in [1.54, 1.807) is 49.4 Å². The minimum Gasteiger partial charge on any atom is -0.484 e. The topological polar surface area (TPSA) is 95.1 Å². The van der Waals surface area contributed by atoms with Gasteiger partial charge in [-0.2, -0.15) is 5.10 Å².